The number of benzene rings is 1. The molecule has 1 aromatic rings. The van der Waals surface area contributed by atoms with Crippen molar-refractivity contribution in [3.8, 4) is 0 Å². The molecule has 1 rings (SSSR count). The number of rotatable bonds is 3. The Bertz CT molecular complexity index is 363. The van der Waals surface area contributed by atoms with Crippen molar-refractivity contribution < 1.29 is 8.42 Å². The van der Waals surface area contributed by atoms with E-state index in [0.717, 1.165) is 12.8 Å². The van der Waals surface area contributed by atoms with Crippen LogP contribution in [0.3, 0.4) is 0 Å². The van der Waals surface area contributed by atoms with Gasteiger partial charge in [0, 0.05) is 6.26 Å². The zero-order valence-corrected chi connectivity index (χ0v) is 10.8. The van der Waals surface area contributed by atoms with Crippen LogP contribution in [0.4, 0.5) is 0 Å². The first-order chi connectivity index (χ1) is 7.04. The predicted molar refractivity (Wildman–Crippen MR) is 64.9 cm³/mol. The Morgan fingerprint density at radius 2 is 1.53 bits per heavy atom. The lowest BCUT2D eigenvalue weighted by Crippen LogP contribution is -1.96. The fourth-order valence-corrected chi connectivity index (χ4v) is 1.82. The smallest absolute Gasteiger partial charge is 0.175 e. The normalized spacial score (nSPS) is 10.4. The monoisotopic (exact) mass is 228 g/mol. The van der Waals surface area contributed by atoms with Crippen LogP contribution in [-0.4, -0.2) is 14.7 Å². The van der Waals surface area contributed by atoms with Crippen molar-refractivity contribution in [1.29, 1.82) is 0 Å². The molecule has 0 bridgehead atoms. The van der Waals surface area contributed by atoms with Crippen molar-refractivity contribution >= 4 is 9.84 Å². The third-order valence-corrected chi connectivity index (χ3v) is 3.02. The van der Waals surface area contributed by atoms with E-state index in [1.807, 2.05) is 26.0 Å². The van der Waals surface area contributed by atoms with Gasteiger partial charge in [-0.15, -0.1) is 0 Å². The molecule has 0 saturated carbocycles. The summed E-state index contributed by atoms with van der Waals surface area (Å²) in [6, 6.07) is 7.08. The highest BCUT2D eigenvalue weighted by molar-refractivity contribution is 7.90. The van der Waals surface area contributed by atoms with Crippen LogP contribution >= 0.6 is 0 Å². The molecule has 0 amide bonds. The van der Waals surface area contributed by atoms with Crippen molar-refractivity contribution in [2.24, 2.45) is 0 Å². The Morgan fingerprint density at radius 1 is 1.07 bits per heavy atom. The Hall–Kier alpha value is -0.830. The van der Waals surface area contributed by atoms with Gasteiger partial charge in [0.25, 0.3) is 0 Å². The molecule has 0 aromatic heterocycles. The quantitative estimate of drug-likeness (QED) is 0.796. The Balaban J connectivity index is 0.000000921. The molecule has 0 N–H and O–H groups in total. The van der Waals surface area contributed by atoms with Crippen LogP contribution in [0, 0.1) is 0 Å². The van der Waals surface area contributed by atoms with Gasteiger partial charge in [0.1, 0.15) is 0 Å². The number of aryl methyl sites for hydroxylation is 1. The summed E-state index contributed by atoms with van der Waals surface area (Å²) in [6.07, 6.45) is 3.31. The molecule has 0 heterocycles. The van der Waals surface area contributed by atoms with Crippen molar-refractivity contribution in [3.05, 3.63) is 29.8 Å². The summed E-state index contributed by atoms with van der Waals surface area (Å²) in [5.41, 5.74) is 1.19. The maximum atomic E-state index is 11.1. The number of sulfone groups is 1. The lowest BCUT2D eigenvalue weighted by molar-refractivity contribution is 0.602. The first-order valence-electron chi connectivity index (χ1n) is 5.33. The van der Waals surface area contributed by atoms with Gasteiger partial charge in [0.2, 0.25) is 0 Å². The fraction of sp³-hybridized carbons (Fsp3) is 0.500. The fourth-order valence-electron chi connectivity index (χ4n) is 1.19. The molecule has 0 saturated heterocycles. The molecule has 0 aliphatic carbocycles. The summed E-state index contributed by atoms with van der Waals surface area (Å²) in [6.45, 7) is 6.10. The van der Waals surface area contributed by atoms with Crippen LogP contribution < -0.4 is 0 Å². The molecule has 1 aromatic carbocycles. The van der Waals surface area contributed by atoms with Crippen molar-refractivity contribution in [1.82, 2.24) is 0 Å². The molecule has 0 aliphatic heterocycles. The molecule has 2 nitrogen and oxygen atoms in total. The lowest BCUT2D eigenvalue weighted by Gasteiger charge is -2.00. The molecule has 3 heteroatoms. The predicted octanol–water partition coefficient (Wildman–Crippen LogP) is 3.07. The van der Waals surface area contributed by atoms with E-state index >= 15 is 0 Å². The van der Waals surface area contributed by atoms with Gasteiger partial charge < -0.3 is 0 Å². The van der Waals surface area contributed by atoms with E-state index in [9.17, 15) is 8.42 Å². The van der Waals surface area contributed by atoms with Gasteiger partial charge in [-0.2, -0.15) is 0 Å². The molecule has 0 aliphatic rings. The number of hydrogen-bond acceptors (Lipinski definition) is 2. The molecule has 0 fully saturated rings. The largest absolute Gasteiger partial charge is 0.224 e. The van der Waals surface area contributed by atoms with Crippen molar-refractivity contribution in [2.75, 3.05) is 6.26 Å². The average Bonchev–Trinajstić information content (AvgIpc) is 2.21. The Labute approximate surface area is 93.3 Å². The highest BCUT2D eigenvalue weighted by Gasteiger charge is 2.05. The van der Waals surface area contributed by atoms with Crippen LogP contribution in [0.1, 0.15) is 32.8 Å². The topological polar surface area (TPSA) is 34.1 Å². The number of hydrogen-bond donors (Lipinski definition) is 0. The highest BCUT2D eigenvalue weighted by Crippen LogP contribution is 2.11. The third-order valence-electron chi connectivity index (χ3n) is 1.89. The van der Waals surface area contributed by atoms with Gasteiger partial charge in [0.05, 0.1) is 4.90 Å². The first-order valence-corrected chi connectivity index (χ1v) is 7.22. The standard InChI is InChI=1S/C10H14O2S.C2H6/c1-3-4-9-5-7-10(8-6-9)13(2,11)12;1-2/h5-8H,3-4H2,1-2H3;1-2H3. The van der Waals surface area contributed by atoms with Gasteiger partial charge in [-0.3, -0.25) is 0 Å². The second-order valence-electron chi connectivity index (χ2n) is 3.17. The van der Waals surface area contributed by atoms with Gasteiger partial charge in [0.15, 0.2) is 9.84 Å². The molecule has 0 unspecified atom stereocenters. The molecular weight excluding hydrogens is 208 g/mol. The van der Waals surface area contributed by atoms with Crippen LogP contribution in [0.15, 0.2) is 29.2 Å². The van der Waals surface area contributed by atoms with Gasteiger partial charge in [-0.1, -0.05) is 39.3 Å². The van der Waals surface area contributed by atoms with E-state index in [1.54, 1.807) is 12.1 Å². The van der Waals surface area contributed by atoms with Gasteiger partial charge in [-0.25, -0.2) is 8.42 Å². The van der Waals surface area contributed by atoms with E-state index in [1.165, 1.54) is 11.8 Å². The molecule has 0 spiro atoms. The van der Waals surface area contributed by atoms with E-state index in [-0.39, 0.29) is 0 Å². The molecule has 0 radical (unpaired) electrons. The summed E-state index contributed by atoms with van der Waals surface area (Å²) < 4.78 is 22.2. The summed E-state index contributed by atoms with van der Waals surface area (Å²) in [7, 11) is -3.03. The van der Waals surface area contributed by atoms with E-state index in [2.05, 4.69) is 6.92 Å². The molecular formula is C12H20O2S. The van der Waals surface area contributed by atoms with Crippen molar-refractivity contribution in [3.63, 3.8) is 0 Å². The van der Waals surface area contributed by atoms with E-state index in [0.29, 0.717) is 4.90 Å². The zero-order chi connectivity index (χ0) is 11.9. The van der Waals surface area contributed by atoms with Crippen LogP contribution in [0.2, 0.25) is 0 Å². The van der Waals surface area contributed by atoms with Crippen LogP contribution in [0.25, 0.3) is 0 Å². The SMILES string of the molecule is CC.CCCc1ccc(S(C)(=O)=O)cc1. The minimum Gasteiger partial charge on any atom is -0.224 e. The van der Waals surface area contributed by atoms with E-state index < -0.39 is 9.84 Å². The lowest BCUT2D eigenvalue weighted by atomic mass is 10.1. The zero-order valence-electron chi connectivity index (χ0n) is 9.95. The molecule has 86 valence electrons. The summed E-state index contributed by atoms with van der Waals surface area (Å²) >= 11 is 0. The van der Waals surface area contributed by atoms with E-state index in [4.69, 9.17) is 0 Å². The second-order valence-corrected chi connectivity index (χ2v) is 5.18. The Morgan fingerprint density at radius 3 is 1.87 bits per heavy atom. The van der Waals surface area contributed by atoms with Gasteiger partial charge >= 0.3 is 0 Å². The average molecular weight is 228 g/mol. The maximum absolute atomic E-state index is 11.1. The maximum Gasteiger partial charge on any atom is 0.175 e. The molecule has 15 heavy (non-hydrogen) atoms. The van der Waals surface area contributed by atoms with Crippen LogP contribution in [-0.2, 0) is 16.3 Å². The third kappa shape index (κ3) is 4.98. The minimum absolute atomic E-state index is 0.396. The summed E-state index contributed by atoms with van der Waals surface area (Å²) in [5.74, 6) is 0. The Kier molecular flexibility index (Phi) is 6.25. The summed E-state index contributed by atoms with van der Waals surface area (Å²) in [5, 5.41) is 0. The second kappa shape index (κ2) is 6.62. The highest BCUT2D eigenvalue weighted by atomic mass is 32.2. The minimum atomic E-state index is -3.03. The van der Waals surface area contributed by atoms with Crippen LogP contribution in [0.5, 0.6) is 0 Å². The van der Waals surface area contributed by atoms with Gasteiger partial charge in [-0.05, 0) is 24.1 Å². The molecule has 0 atom stereocenters. The van der Waals surface area contributed by atoms with Crippen molar-refractivity contribution in [2.45, 2.75) is 38.5 Å². The first kappa shape index (κ1) is 14.2. The summed E-state index contributed by atoms with van der Waals surface area (Å²) in [4.78, 5) is 0.396.